The quantitative estimate of drug-likeness (QED) is 0.525. The van der Waals surface area contributed by atoms with E-state index in [1.165, 1.54) is 0 Å². The maximum absolute atomic E-state index is 12.7. The zero-order valence-corrected chi connectivity index (χ0v) is 19.9. The van der Waals surface area contributed by atoms with Crippen LogP contribution in [-0.2, 0) is 11.2 Å². The molecule has 0 spiro atoms. The maximum atomic E-state index is 12.7. The van der Waals surface area contributed by atoms with E-state index in [1.54, 1.807) is 17.2 Å². The third-order valence-electron chi connectivity index (χ3n) is 5.87. The van der Waals surface area contributed by atoms with Crippen molar-refractivity contribution in [2.24, 2.45) is 0 Å². The van der Waals surface area contributed by atoms with Crippen molar-refractivity contribution in [2.45, 2.75) is 19.8 Å². The Hall–Kier alpha value is -3.58. The Balaban J connectivity index is 1.25. The number of hydrogen-bond acceptors (Lipinski definition) is 4. The van der Waals surface area contributed by atoms with E-state index >= 15 is 0 Å². The molecule has 0 radical (unpaired) electrons. The van der Waals surface area contributed by atoms with E-state index < -0.39 is 0 Å². The van der Waals surface area contributed by atoms with Gasteiger partial charge in [0, 0.05) is 55.9 Å². The molecule has 0 aliphatic carbocycles. The Labute approximate surface area is 204 Å². The van der Waals surface area contributed by atoms with Crippen molar-refractivity contribution in [2.75, 3.05) is 41.7 Å². The predicted molar refractivity (Wildman–Crippen MR) is 137 cm³/mol. The zero-order chi connectivity index (χ0) is 23.9. The summed E-state index contributed by atoms with van der Waals surface area (Å²) in [6.07, 6.45) is 2.73. The number of hydrogen-bond donors (Lipinski definition) is 2. The number of rotatable bonds is 6. The highest BCUT2D eigenvalue weighted by molar-refractivity contribution is 6.33. The van der Waals surface area contributed by atoms with E-state index in [0.29, 0.717) is 36.6 Å². The van der Waals surface area contributed by atoms with Gasteiger partial charge in [0.2, 0.25) is 5.91 Å². The molecule has 0 saturated carbocycles. The van der Waals surface area contributed by atoms with Gasteiger partial charge in [0.25, 0.3) is 0 Å². The number of benzene rings is 2. The maximum Gasteiger partial charge on any atom is 0.322 e. The smallest absolute Gasteiger partial charge is 0.322 e. The first-order valence-electron chi connectivity index (χ1n) is 11.4. The lowest BCUT2D eigenvalue weighted by molar-refractivity contribution is -0.116. The van der Waals surface area contributed by atoms with Gasteiger partial charge in [-0.05, 0) is 61.4 Å². The van der Waals surface area contributed by atoms with Crippen molar-refractivity contribution >= 4 is 40.6 Å². The van der Waals surface area contributed by atoms with Gasteiger partial charge in [0.15, 0.2) is 0 Å². The van der Waals surface area contributed by atoms with Gasteiger partial charge >= 0.3 is 6.03 Å². The van der Waals surface area contributed by atoms with Crippen LogP contribution in [0.2, 0.25) is 5.02 Å². The first-order valence-corrected chi connectivity index (χ1v) is 11.7. The number of carbonyl (C=O) groups excluding carboxylic acids is 2. The van der Waals surface area contributed by atoms with E-state index in [1.807, 2.05) is 61.5 Å². The zero-order valence-electron chi connectivity index (χ0n) is 19.1. The summed E-state index contributed by atoms with van der Waals surface area (Å²) in [5, 5.41) is 6.42. The molecule has 176 valence electrons. The summed E-state index contributed by atoms with van der Waals surface area (Å²) in [6, 6.07) is 18.9. The lowest BCUT2D eigenvalue weighted by Crippen LogP contribution is -2.50. The monoisotopic (exact) mass is 477 g/mol. The third-order valence-corrected chi connectivity index (χ3v) is 6.19. The standard InChI is InChI=1S/C26H28ClN5O2/c1-19-5-4-7-23(27)25(19)30-26(34)32-17-15-31(16-18-32)22-11-8-21(9-12-22)29-24(33)13-10-20-6-2-3-14-28-20/h2-9,11-12,14H,10,13,15-18H2,1H3,(H,29,33)(H,30,34). The van der Waals surface area contributed by atoms with Crippen LogP contribution in [0.25, 0.3) is 0 Å². The van der Waals surface area contributed by atoms with Crippen LogP contribution >= 0.6 is 11.6 Å². The molecule has 1 saturated heterocycles. The average molecular weight is 478 g/mol. The molecule has 34 heavy (non-hydrogen) atoms. The van der Waals surface area contributed by atoms with Gasteiger partial charge in [-0.25, -0.2) is 4.79 Å². The molecule has 1 fully saturated rings. The molecule has 1 aliphatic rings. The Morgan fingerprint density at radius 2 is 1.71 bits per heavy atom. The summed E-state index contributed by atoms with van der Waals surface area (Å²) in [5.41, 5.74) is 4.33. The van der Waals surface area contributed by atoms with Crippen LogP contribution < -0.4 is 15.5 Å². The van der Waals surface area contributed by atoms with Gasteiger partial charge in [-0.3, -0.25) is 9.78 Å². The number of anilines is 3. The van der Waals surface area contributed by atoms with Crippen molar-refractivity contribution in [3.8, 4) is 0 Å². The Bertz CT molecular complexity index is 1110. The van der Waals surface area contributed by atoms with Crippen molar-refractivity contribution < 1.29 is 9.59 Å². The number of nitrogens with one attached hydrogen (secondary N) is 2. The normalized spacial score (nSPS) is 13.5. The molecule has 2 heterocycles. The summed E-state index contributed by atoms with van der Waals surface area (Å²) in [5.74, 6) is -0.0354. The average Bonchev–Trinajstić information content (AvgIpc) is 2.86. The number of halogens is 1. The first kappa shape index (κ1) is 23.6. The topological polar surface area (TPSA) is 77.6 Å². The summed E-state index contributed by atoms with van der Waals surface area (Å²) >= 11 is 6.24. The van der Waals surface area contributed by atoms with E-state index in [9.17, 15) is 9.59 Å². The number of pyridine rings is 1. The van der Waals surface area contributed by atoms with Gasteiger partial charge in [0.05, 0.1) is 10.7 Å². The van der Waals surface area contributed by atoms with Crippen molar-refractivity contribution in [3.05, 3.63) is 83.1 Å². The third kappa shape index (κ3) is 6.05. The lowest BCUT2D eigenvalue weighted by Gasteiger charge is -2.36. The highest BCUT2D eigenvalue weighted by Crippen LogP contribution is 2.26. The van der Waals surface area contributed by atoms with Crippen LogP contribution in [0.5, 0.6) is 0 Å². The molecule has 0 bridgehead atoms. The van der Waals surface area contributed by atoms with Gasteiger partial charge < -0.3 is 20.4 Å². The van der Waals surface area contributed by atoms with E-state index in [4.69, 9.17) is 11.6 Å². The molecule has 0 atom stereocenters. The number of amides is 3. The van der Waals surface area contributed by atoms with E-state index in [-0.39, 0.29) is 11.9 Å². The fraction of sp³-hybridized carbons (Fsp3) is 0.269. The fourth-order valence-corrected chi connectivity index (χ4v) is 4.18. The molecule has 8 heteroatoms. The van der Waals surface area contributed by atoms with Crippen molar-refractivity contribution in [1.29, 1.82) is 0 Å². The fourth-order valence-electron chi connectivity index (χ4n) is 3.91. The highest BCUT2D eigenvalue weighted by Gasteiger charge is 2.22. The molecule has 2 aromatic carbocycles. The molecule has 1 aromatic heterocycles. The first-order chi connectivity index (χ1) is 16.5. The second-order valence-corrected chi connectivity index (χ2v) is 8.66. The van der Waals surface area contributed by atoms with Crippen LogP contribution in [0.1, 0.15) is 17.7 Å². The number of nitrogens with zero attached hydrogens (tertiary/aromatic N) is 3. The molecular formula is C26H28ClN5O2. The lowest BCUT2D eigenvalue weighted by atomic mass is 10.2. The minimum atomic E-state index is -0.139. The van der Waals surface area contributed by atoms with Crippen LogP contribution in [0.15, 0.2) is 66.9 Å². The molecule has 3 aromatic rings. The Morgan fingerprint density at radius 3 is 2.38 bits per heavy atom. The number of carbonyl (C=O) groups is 2. The summed E-state index contributed by atoms with van der Waals surface area (Å²) < 4.78 is 0. The molecule has 7 nitrogen and oxygen atoms in total. The SMILES string of the molecule is Cc1cccc(Cl)c1NC(=O)N1CCN(c2ccc(NC(=O)CCc3ccccn3)cc2)CC1. The van der Waals surface area contributed by atoms with Crippen molar-refractivity contribution in [1.82, 2.24) is 9.88 Å². The molecule has 2 N–H and O–H groups in total. The van der Waals surface area contributed by atoms with Crippen LogP contribution in [-0.4, -0.2) is 48.0 Å². The van der Waals surface area contributed by atoms with Gasteiger partial charge in [-0.1, -0.05) is 29.8 Å². The second kappa shape index (κ2) is 11.0. The molecule has 3 amide bonds. The van der Waals surface area contributed by atoms with Crippen LogP contribution in [0.4, 0.5) is 21.9 Å². The number of piperazine rings is 1. The number of aryl methyl sites for hydroxylation is 2. The van der Waals surface area contributed by atoms with Crippen LogP contribution in [0.3, 0.4) is 0 Å². The molecule has 4 rings (SSSR count). The van der Waals surface area contributed by atoms with Gasteiger partial charge in [-0.15, -0.1) is 0 Å². The van der Waals surface area contributed by atoms with Gasteiger partial charge in [-0.2, -0.15) is 0 Å². The van der Waals surface area contributed by atoms with Gasteiger partial charge in [0.1, 0.15) is 0 Å². The van der Waals surface area contributed by atoms with Crippen LogP contribution in [0, 0.1) is 6.92 Å². The number of aromatic nitrogens is 1. The summed E-state index contributed by atoms with van der Waals surface area (Å²) in [4.78, 5) is 33.2. The molecular weight excluding hydrogens is 450 g/mol. The van der Waals surface area contributed by atoms with E-state index in [0.717, 1.165) is 35.7 Å². The molecule has 1 aliphatic heterocycles. The van der Waals surface area contributed by atoms with Crippen molar-refractivity contribution in [3.63, 3.8) is 0 Å². The summed E-state index contributed by atoms with van der Waals surface area (Å²) in [6.45, 7) is 4.60. The Kier molecular flexibility index (Phi) is 7.65. The molecule has 0 unspecified atom stereocenters. The minimum absolute atomic E-state index is 0.0354. The van der Waals surface area contributed by atoms with E-state index in [2.05, 4.69) is 20.5 Å². The predicted octanol–water partition coefficient (Wildman–Crippen LogP) is 4.97. The largest absolute Gasteiger partial charge is 0.368 e. The second-order valence-electron chi connectivity index (χ2n) is 8.25. The summed E-state index contributed by atoms with van der Waals surface area (Å²) in [7, 11) is 0. The number of para-hydroxylation sites is 1. The Morgan fingerprint density at radius 1 is 0.941 bits per heavy atom. The highest BCUT2D eigenvalue weighted by atomic mass is 35.5. The number of urea groups is 1. The minimum Gasteiger partial charge on any atom is -0.368 e.